The lowest BCUT2D eigenvalue weighted by atomic mass is 10.8. The lowest BCUT2D eigenvalue weighted by Gasteiger charge is -2.16. The molecule has 6 heteroatoms. The Morgan fingerprint density at radius 3 is 2.14 bits per heavy atom. The van der Waals surface area contributed by atoms with Crippen molar-refractivity contribution < 1.29 is 18.3 Å². The van der Waals surface area contributed by atoms with Gasteiger partial charge < -0.3 is 13.8 Å². The van der Waals surface area contributed by atoms with E-state index >= 15 is 0 Å². The van der Waals surface area contributed by atoms with Gasteiger partial charge in [0.2, 0.25) is 0 Å². The van der Waals surface area contributed by atoms with Crippen molar-refractivity contribution in [2.24, 2.45) is 0 Å². The molecule has 0 saturated carbocycles. The SMILES string of the molecule is CCOP(=O)(CCOCCCl)OCC. The van der Waals surface area contributed by atoms with Gasteiger partial charge in [0.05, 0.1) is 32.6 Å². The summed E-state index contributed by atoms with van der Waals surface area (Å²) in [5.41, 5.74) is 0. The van der Waals surface area contributed by atoms with Crippen LogP contribution in [0.25, 0.3) is 0 Å². The largest absolute Gasteiger partial charge is 0.380 e. The summed E-state index contributed by atoms with van der Waals surface area (Å²) >= 11 is 5.42. The van der Waals surface area contributed by atoms with Gasteiger partial charge in [-0.15, -0.1) is 11.6 Å². The van der Waals surface area contributed by atoms with Crippen LogP contribution in [0.3, 0.4) is 0 Å². The number of hydrogen-bond acceptors (Lipinski definition) is 4. The van der Waals surface area contributed by atoms with Gasteiger partial charge >= 0.3 is 7.60 Å². The highest BCUT2D eigenvalue weighted by Crippen LogP contribution is 2.47. The fourth-order valence-electron chi connectivity index (χ4n) is 0.893. The van der Waals surface area contributed by atoms with Crippen molar-refractivity contribution in [2.45, 2.75) is 13.8 Å². The first-order chi connectivity index (χ1) is 6.68. The molecule has 0 amide bonds. The molecule has 0 fully saturated rings. The molecule has 0 aromatic heterocycles. The molecule has 0 aliphatic rings. The molecule has 0 saturated heterocycles. The van der Waals surface area contributed by atoms with Crippen LogP contribution < -0.4 is 0 Å². The second kappa shape index (κ2) is 8.69. The zero-order chi connectivity index (χ0) is 10.9. The highest BCUT2D eigenvalue weighted by molar-refractivity contribution is 7.53. The third kappa shape index (κ3) is 6.80. The van der Waals surface area contributed by atoms with E-state index in [1.165, 1.54) is 0 Å². The summed E-state index contributed by atoms with van der Waals surface area (Å²) in [4.78, 5) is 0. The normalized spacial score (nSPS) is 11.9. The molecule has 14 heavy (non-hydrogen) atoms. The van der Waals surface area contributed by atoms with E-state index in [1.807, 2.05) is 0 Å². The summed E-state index contributed by atoms with van der Waals surface area (Å²) in [6.07, 6.45) is 0.283. The molecule has 0 aromatic rings. The van der Waals surface area contributed by atoms with Gasteiger partial charge in [0, 0.05) is 5.88 Å². The van der Waals surface area contributed by atoms with Gasteiger partial charge in [-0.05, 0) is 13.8 Å². The zero-order valence-corrected chi connectivity index (χ0v) is 10.4. The Morgan fingerprint density at radius 2 is 1.71 bits per heavy atom. The predicted molar refractivity (Wildman–Crippen MR) is 57.3 cm³/mol. The van der Waals surface area contributed by atoms with Crippen LogP contribution >= 0.6 is 19.2 Å². The van der Waals surface area contributed by atoms with Crippen molar-refractivity contribution >= 4 is 19.2 Å². The molecule has 0 spiro atoms. The van der Waals surface area contributed by atoms with E-state index < -0.39 is 7.60 Å². The number of halogens is 1. The van der Waals surface area contributed by atoms with Crippen LogP contribution in [-0.4, -0.2) is 38.5 Å². The maximum atomic E-state index is 11.8. The molecule has 4 nitrogen and oxygen atoms in total. The lowest BCUT2D eigenvalue weighted by Crippen LogP contribution is -2.07. The van der Waals surface area contributed by atoms with Gasteiger partial charge in [-0.25, -0.2) is 0 Å². The van der Waals surface area contributed by atoms with Crippen molar-refractivity contribution in [3.63, 3.8) is 0 Å². The maximum absolute atomic E-state index is 11.8. The first-order valence-electron chi connectivity index (χ1n) is 4.70. The number of alkyl halides is 1. The molecule has 0 unspecified atom stereocenters. The minimum Gasteiger partial charge on any atom is -0.380 e. The van der Waals surface area contributed by atoms with Crippen molar-refractivity contribution in [2.75, 3.05) is 38.5 Å². The molecule has 0 aromatic carbocycles. The van der Waals surface area contributed by atoms with Crippen LogP contribution in [0.15, 0.2) is 0 Å². The topological polar surface area (TPSA) is 44.8 Å². The molecule has 0 bridgehead atoms. The molecular formula is C8H18ClO4P. The minimum absolute atomic E-state index is 0.283. The van der Waals surface area contributed by atoms with Crippen LogP contribution in [0.2, 0.25) is 0 Å². The average Bonchev–Trinajstić information content (AvgIpc) is 2.13. The second-order valence-electron chi connectivity index (χ2n) is 2.47. The number of ether oxygens (including phenoxy) is 1. The van der Waals surface area contributed by atoms with Gasteiger partial charge in [-0.3, -0.25) is 4.57 Å². The molecule has 0 N–H and O–H groups in total. The van der Waals surface area contributed by atoms with Crippen LogP contribution in [0, 0.1) is 0 Å². The first-order valence-corrected chi connectivity index (χ1v) is 6.96. The van der Waals surface area contributed by atoms with E-state index in [9.17, 15) is 4.57 Å². The van der Waals surface area contributed by atoms with E-state index in [0.717, 1.165) is 0 Å². The smallest absolute Gasteiger partial charge is 0.332 e. The summed E-state index contributed by atoms with van der Waals surface area (Å²) in [5, 5.41) is 0. The fourth-order valence-corrected chi connectivity index (χ4v) is 2.47. The monoisotopic (exact) mass is 244 g/mol. The summed E-state index contributed by atoms with van der Waals surface area (Å²) in [7, 11) is -2.93. The van der Waals surface area contributed by atoms with E-state index in [-0.39, 0.29) is 6.16 Å². The molecule has 0 rings (SSSR count). The van der Waals surface area contributed by atoms with E-state index in [0.29, 0.717) is 32.3 Å². The van der Waals surface area contributed by atoms with Gasteiger partial charge in [0.1, 0.15) is 0 Å². The van der Waals surface area contributed by atoms with E-state index in [1.54, 1.807) is 13.8 Å². The van der Waals surface area contributed by atoms with Gasteiger partial charge in [0.25, 0.3) is 0 Å². The van der Waals surface area contributed by atoms with Crippen molar-refractivity contribution in [3.8, 4) is 0 Å². The highest BCUT2D eigenvalue weighted by Gasteiger charge is 2.22. The third-order valence-electron chi connectivity index (χ3n) is 1.38. The summed E-state index contributed by atoms with van der Waals surface area (Å²) in [5.74, 6) is 0.438. The van der Waals surface area contributed by atoms with Crippen molar-refractivity contribution in [1.82, 2.24) is 0 Å². The summed E-state index contributed by atoms with van der Waals surface area (Å²) in [6.45, 7) is 5.14. The van der Waals surface area contributed by atoms with Crippen LogP contribution in [0.4, 0.5) is 0 Å². The summed E-state index contributed by atoms with van der Waals surface area (Å²) < 4.78 is 27.1. The summed E-state index contributed by atoms with van der Waals surface area (Å²) in [6, 6.07) is 0. The third-order valence-corrected chi connectivity index (χ3v) is 3.57. The Kier molecular flexibility index (Phi) is 8.94. The van der Waals surface area contributed by atoms with Crippen molar-refractivity contribution in [1.29, 1.82) is 0 Å². The average molecular weight is 245 g/mol. The molecule has 0 atom stereocenters. The maximum Gasteiger partial charge on any atom is 0.332 e. The van der Waals surface area contributed by atoms with Gasteiger partial charge in [-0.2, -0.15) is 0 Å². The molecule has 86 valence electrons. The Balaban J connectivity index is 3.78. The molecule has 0 heterocycles. The van der Waals surface area contributed by atoms with E-state index in [4.69, 9.17) is 25.4 Å². The number of hydrogen-bond donors (Lipinski definition) is 0. The lowest BCUT2D eigenvalue weighted by molar-refractivity contribution is 0.152. The Morgan fingerprint density at radius 1 is 1.14 bits per heavy atom. The van der Waals surface area contributed by atoms with Gasteiger partial charge in [-0.1, -0.05) is 0 Å². The van der Waals surface area contributed by atoms with Crippen LogP contribution in [-0.2, 0) is 18.3 Å². The molecule has 0 radical (unpaired) electrons. The minimum atomic E-state index is -2.93. The van der Waals surface area contributed by atoms with Crippen LogP contribution in [0.1, 0.15) is 13.8 Å². The van der Waals surface area contributed by atoms with Gasteiger partial charge in [0.15, 0.2) is 0 Å². The first kappa shape index (κ1) is 14.4. The molecule has 0 aliphatic carbocycles. The second-order valence-corrected chi connectivity index (χ2v) is 5.03. The zero-order valence-electron chi connectivity index (χ0n) is 8.70. The molecule has 0 aliphatic heterocycles. The van der Waals surface area contributed by atoms with Crippen molar-refractivity contribution in [3.05, 3.63) is 0 Å². The Hall–Kier alpha value is 0.400. The number of rotatable bonds is 9. The van der Waals surface area contributed by atoms with Crippen LogP contribution in [0.5, 0.6) is 0 Å². The predicted octanol–water partition coefficient (Wildman–Crippen LogP) is 2.51. The Bertz CT molecular complexity index is 167. The highest BCUT2D eigenvalue weighted by atomic mass is 35.5. The fraction of sp³-hybridized carbons (Fsp3) is 1.00. The molecular weight excluding hydrogens is 227 g/mol. The van der Waals surface area contributed by atoms with E-state index in [2.05, 4.69) is 0 Å². The standard InChI is InChI=1S/C8H18ClO4P/c1-3-12-14(10,13-4-2)8-7-11-6-5-9/h3-8H2,1-2H3. The quantitative estimate of drug-likeness (QED) is 0.355. The Labute approximate surface area is 90.4 Å².